The maximum absolute atomic E-state index is 12.3. The van der Waals surface area contributed by atoms with Crippen molar-refractivity contribution >= 4 is 17.7 Å². The first-order valence-electron chi connectivity index (χ1n) is 7.63. The molecule has 0 bridgehead atoms. The molecule has 0 spiro atoms. The summed E-state index contributed by atoms with van der Waals surface area (Å²) < 4.78 is 0. The molecular formula is C16H19N3O3. The molecule has 1 unspecified atom stereocenters. The van der Waals surface area contributed by atoms with E-state index in [9.17, 15) is 14.4 Å². The van der Waals surface area contributed by atoms with Crippen LogP contribution >= 0.6 is 0 Å². The van der Waals surface area contributed by atoms with Gasteiger partial charge in [-0.05, 0) is 43.2 Å². The molecule has 1 saturated carbocycles. The van der Waals surface area contributed by atoms with Crippen LogP contribution in [0.25, 0.3) is 0 Å². The molecule has 1 aromatic rings. The van der Waals surface area contributed by atoms with Crippen LogP contribution in [0.4, 0.5) is 0 Å². The lowest BCUT2D eigenvalue weighted by Gasteiger charge is -2.24. The standard InChI is InChI=1S/C16H19N3O3/c20-14(18-19-16(22)15(21)17-11-8-9-11)13-7-3-5-10-4-1-2-6-12(10)13/h1-2,4,6,11,13H,3,5,7-9H2,(H,17,21)(H,18,20)(H,19,22). The Morgan fingerprint density at radius 2 is 1.73 bits per heavy atom. The van der Waals surface area contributed by atoms with Gasteiger partial charge >= 0.3 is 11.8 Å². The first-order chi connectivity index (χ1) is 10.6. The number of amides is 3. The highest BCUT2D eigenvalue weighted by Gasteiger charge is 2.28. The summed E-state index contributed by atoms with van der Waals surface area (Å²) in [6.45, 7) is 0. The van der Waals surface area contributed by atoms with Gasteiger partial charge in [-0.3, -0.25) is 25.2 Å². The van der Waals surface area contributed by atoms with Gasteiger partial charge < -0.3 is 5.32 Å². The van der Waals surface area contributed by atoms with Crippen molar-refractivity contribution in [3.8, 4) is 0 Å². The average molecular weight is 301 g/mol. The van der Waals surface area contributed by atoms with Crippen molar-refractivity contribution in [2.45, 2.75) is 44.1 Å². The molecule has 2 aliphatic rings. The zero-order chi connectivity index (χ0) is 15.5. The minimum atomic E-state index is -0.829. The molecule has 0 aromatic heterocycles. The van der Waals surface area contributed by atoms with Gasteiger partial charge in [0.2, 0.25) is 5.91 Å². The number of carbonyl (C=O) groups excluding carboxylic acids is 3. The van der Waals surface area contributed by atoms with Gasteiger partial charge in [0, 0.05) is 6.04 Å². The van der Waals surface area contributed by atoms with E-state index in [1.54, 1.807) is 0 Å². The fourth-order valence-corrected chi connectivity index (χ4v) is 2.77. The Kier molecular flexibility index (Phi) is 4.09. The van der Waals surface area contributed by atoms with Gasteiger partial charge in [-0.25, -0.2) is 0 Å². The summed E-state index contributed by atoms with van der Waals surface area (Å²) in [4.78, 5) is 35.4. The maximum atomic E-state index is 12.3. The smallest absolute Gasteiger partial charge is 0.327 e. The molecule has 0 radical (unpaired) electrons. The Morgan fingerprint density at radius 1 is 0.955 bits per heavy atom. The maximum Gasteiger partial charge on any atom is 0.327 e. The second-order valence-electron chi connectivity index (χ2n) is 5.83. The van der Waals surface area contributed by atoms with Gasteiger partial charge in [-0.15, -0.1) is 0 Å². The quantitative estimate of drug-likeness (QED) is 0.550. The third kappa shape index (κ3) is 3.27. The van der Waals surface area contributed by atoms with Crippen LogP contribution in [0.1, 0.15) is 42.7 Å². The Bertz CT molecular complexity index is 610. The van der Waals surface area contributed by atoms with Gasteiger partial charge in [0.15, 0.2) is 0 Å². The van der Waals surface area contributed by atoms with Crippen molar-refractivity contribution in [3.05, 3.63) is 35.4 Å². The van der Waals surface area contributed by atoms with Gasteiger partial charge in [0.05, 0.1) is 5.92 Å². The number of hydrogen-bond donors (Lipinski definition) is 3. The minimum absolute atomic E-state index is 0.110. The van der Waals surface area contributed by atoms with E-state index >= 15 is 0 Å². The molecule has 22 heavy (non-hydrogen) atoms. The van der Waals surface area contributed by atoms with Gasteiger partial charge in [-0.2, -0.15) is 0 Å². The summed E-state index contributed by atoms with van der Waals surface area (Å²) in [7, 11) is 0. The van der Waals surface area contributed by atoms with Crippen molar-refractivity contribution in [2.75, 3.05) is 0 Å². The normalized spacial score (nSPS) is 19.7. The number of rotatable bonds is 2. The number of hydrogen-bond acceptors (Lipinski definition) is 3. The van der Waals surface area contributed by atoms with Gasteiger partial charge in [0.25, 0.3) is 0 Å². The molecule has 0 aliphatic heterocycles. The lowest BCUT2D eigenvalue weighted by atomic mass is 9.82. The first kappa shape index (κ1) is 14.6. The van der Waals surface area contributed by atoms with Crippen molar-refractivity contribution in [3.63, 3.8) is 0 Å². The minimum Gasteiger partial charge on any atom is -0.345 e. The largest absolute Gasteiger partial charge is 0.345 e. The number of carbonyl (C=O) groups is 3. The number of hydrazine groups is 1. The third-order valence-corrected chi connectivity index (χ3v) is 4.10. The molecule has 6 nitrogen and oxygen atoms in total. The van der Waals surface area contributed by atoms with Crippen LogP contribution < -0.4 is 16.2 Å². The van der Waals surface area contributed by atoms with E-state index in [0.717, 1.165) is 37.7 Å². The highest BCUT2D eigenvalue weighted by Crippen LogP contribution is 2.31. The molecule has 0 saturated heterocycles. The van der Waals surface area contributed by atoms with Crippen molar-refractivity contribution < 1.29 is 14.4 Å². The van der Waals surface area contributed by atoms with Crippen LogP contribution in [0.15, 0.2) is 24.3 Å². The molecule has 2 aliphatic carbocycles. The van der Waals surface area contributed by atoms with Crippen molar-refractivity contribution in [1.29, 1.82) is 0 Å². The zero-order valence-electron chi connectivity index (χ0n) is 12.2. The average Bonchev–Trinajstić information content (AvgIpc) is 3.35. The summed E-state index contributed by atoms with van der Waals surface area (Å²) >= 11 is 0. The molecule has 3 amide bonds. The van der Waals surface area contributed by atoms with Gasteiger partial charge in [0.1, 0.15) is 0 Å². The molecule has 1 atom stereocenters. The van der Waals surface area contributed by atoms with Crippen molar-refractivity contribution in [2.24, 2.45) is 0 Å². The monoisotopic (exact) mass is 301 g/mol. The summed E-state index contributed by atoms with van der Waals surface area (Å²) in [5, 5.41) is 2.57. The molecule has 6 heteroatoms. The third-order valence-electron chi connectivity index (χ3n) is 4.10. The molecule has 1 fully saturated rings. The van der Waals surface area contributed by atoms with Crippen LogP contribution in [-0.4, -0.2) is 23.8 Å². The number of aryl methyl sites for hydroxylation is 1. The van der Waals surface area contributed by atoms with E-state index in [1.165, 1.54) is 5.56 Å². The van der Waals surface area contributed by atoms with E-state index in [4.69, 9.17) is 0 Å². The number of benzene rings is 1. The first-order valence-corrected chi connectivity index (χ1v) is 7.63. The zero-order valence-corrected chi connectivity index (χ0v) is 12.2. The van der Waals surface area contributed by atoms with Crippen LogP contribution in [0, 0.1) is 0 Å². The van der Waals surface area contributed by atoms with Crippen LogP contribution in [0.2, 0.25) is 0 Å². The SMILES string of the molecule is O=C(NNC(=O)C1CCCc2ccccc21)C(=O)NC1CC1. The molecule has 3 N–H and O–H groups in total. The Labute approximate surface area is 128 Å². The highest BCUT2D eigenvalue weighted by molar-refractivity contribution is 6.35. The fraction of sp³-hybridized carbons (Fsp3) is 0.438. The second-order valence-corrected chi connectivity index (χ2v) is 5.83. The van der Waals surface area contributed by atoms with Crippen molar-refractivity contribution in [1.82, 2.24) is 16.2 Å². The molecule has 3 rings (SSSR count). The van der Waals surface area contributed by atoms with E-state index in [0.29, 0.717) is 0 Å². The molecule has 0 heterocycles. The van der Waals surface area contributed by atoms with Crippen LogP contribution in [0.5, 0.6) is 0 Å². The summed E-state index contributed by atoms with van der Waals surface area (Å²) in [5.74, 6) is -2.09. The summed E-state index contributed by atoms with van der Waals surface area (Å²) in [5.41, 5.74) is 6.74. The Balaban J connectivity index is 1.56. The topological polar surface area (TPSA) is 87.3 Å². The lowest BCUT2D eigenvalue weighted by Crippen LogP contribution is -2.50. The summed E-state index contributed by atoms with van der Waals surface area (Å²) in [6.07, 6.45) is 4.46. The van der Waals surface area contributed by atoms with Gasteiger partial charge in [-0.1, -0.05) is 24.3 Å². The van der Waals surface area contributed by atoms with E-state index in [-0.39, 0.29) is 17.9 Å². The highest BCUT2D eigenvalue weighted by atomic mass is 16.2. The number of nitrogens with one attached hydrogen (secondary N) is 3. The van der Waals surface area contributed by atoms with Crippen LogP contribution in [0.3, 0.4) is 0 Å². The predicted octanol–water partition coefficient (Wildman–Crippen LogP) is 0.532. The Hall–Kier alpha value is -2.37. The van der Waals surface area contributed by atoms with E-state index in [1.807, 2.05) is 24.3 Å². The molecule has 1 aromatic carbocycles. The number of fused-ring (bicyclic) bond motifs is 1. The fourth-order valence-electron chi connectivity index (χ4n) is 2.77. The van der Waals surface area contributed by atoms with Crippen LogP contribution in [-0.2, 0) is 20.8 Å². The van der Waals surface area contributed by atoms with E-state index in [2.05, 4.69) is 16.2 Å². The summed E-state index contributed by atoms with van der Waals surface area (Å²) in [6, 6.07) is 7.95. The van der Waals surface area contributed by atoms with E-state index < -0.39 is 11.8 Å². The Morgan fingerprint density at radius 3 is 2.50 bits per heavy atom. The predicted molar refractivity (Wildman–Crippen MR) is 79.6 cm³/mol. The molecule has 116 valence electrons. The second kappa shape index (κ2) is 6.17. The lowest BCUT2D eigenvalue weighted by molar-refractivity contribution is -0.141. The molecular weight excluding hydrogens is 282 g/mol.